The third-order valence-electron chi connectivity index (χ3n) is 3.63. The van der Waals surface area contributed by atoms with E-state index in [9.17, 15) is 5.11 Å². The van der Waals surface area contributed by atoms with Crippen LogP contribution in [0.25, 0.3) is 10.9 Å². The third-order valence-corrected chi connectivity index (χ3v) is 3.63. The van der Waals surface area contributed by atoms with Gasteiger partial charge in [0, 0.05) is 18.0 Å². The SMILES string of the molecule is CCCC(O)(CC)Cc1ccnc2ccccc12. The molecule has 2 rings (SSSR count). The van der Waals surface area contributed by atoms with Crippen LogP contribution in [0.1, 0.15) is 38.7 Å². The number of aliphatic hydroxyl groups is 1. The minimum Gasteiger partial charge on any atom is -0.390 e. The summed E-state index contributed by atoms with van der Waals surface area (Å²) in [4.78, 5) is 4.36. The average Bonchev–Trinajstić information content (AvgIpc) is 2.39. The lowest BCUT2D eigenvalue weighted by Crippen LogP contribution is -2.30. The lowest BCUT2D eigenvalue weighted by molar-refractivity contribution is 0.0274. The van der Waals surface area contributed by atoms with Crippen LogP contribution in [0.4, 0.5) is 0 Å². The number of aromatic nitrogens is 1. The van der Waals surface area contributed by atoms with Gasteiger partial charge in [0.2, 0.25) is 0 Å². The number of pyridine rings is 1. The van der Waals surface area contributed by atoms with Crippen LogP contribution in [0.5, 0.6) is 0 Å². The van der Waals surface area contributed by atoms with Crippen molar-refractivity contribution in [1.82, 2.24) is 4.98 Å². The first-order valence-electron chi connectivity index (χ1n) is 6.73. The first-order valence-corrected chi connectivity index (χ1v) is 6.73. The van der Waals surface area contributed by atoms with Crippen molar-refractivity contribution in [3.63, 3.8) is 0 Å². The van der Waals surface area contributed by atoms with Crippen LogP contribution in [0, 0.1) is 0 Å². The van der Waals surface area contributed by atoms with Crippen molar-refractivity contribution in [3.8, 4) is 0 Å². The molecule has 96 valence electrons. The predicted octanol–water partition coefficient (Wildman–Crippen LogP) is 3.72. The van der Waals surface area contributed by atoms with E-state index in [-0.39, 0.29) is 0 Å². The molecule has 0 aliphatic carbocycles. The molecule has 2 nitrogen and oxygen atoms in total. The standard InChI is InChI=1S/C16H21NO/c1-3-10-16(18,4-2)12-13-9-11-17-15-8-6-5-7-14(13)15/h5-9,11,18H,3-4,10,12H2,1-2H3. The molecule has 1 unspecified atom stereocenters. The van der Waals surface area contributed by atoms with E-state index in [1.165, 1.54) is 5.56 Å². The van der Waals surface area contributed by atoms with Crippen LogP contribution in [-0.2, 0) is 6.42 Å². The predicted molar refractivity (Wildman–Crippen MR) is 75.6 cm³/mol. The molecule has 2 aromatic rings. The number of fused-ring (bicyclic) bond motifs is 1. The molecule has 0 saturated heterocycles. The van der Waals surface area contributed by atoms with E-state index in [4.69, 9.17) is 0 Å². The molecule has 1 atom stereocenters. The van der Waals surface area contributed by atoms with Crippen LogP contribution < -0.4 is 0 Å². The average molecular weight is 243 g/mol. The van der Waals surface area contributed by atoms with Crippen molar-refractivity contribution < 1.29 is 5.11 Å². The highest BCUT2D eigenvalue weighted by atomic mass is 16.3. The molecule has 0 saturated carbocycles. The minimum atomic E-state index is -0.584. The number of nitrogens with zero attached hydrogens (tertiary/aromatic N) is 1. The summed E-state index contributed by atoms with van der Waals surface area (Å²) >= 11 is 0. The molecule has 1 aromatic heterocycles. The summed E-state index contributed by atoms with van der Waals surface area (Å²) in [5.41, 5.74) is 1.61. The van der Waals surface area contributed by atoms with E-state index in [0.717, 1.165) is 30.2 Å². The van der Waals surface area contributed by atoms with Crippen molar-refractivity contribution in [2.45, 2.75) is 45.1 Å². The first-order chi connectivity index (χ1) is 8.68. The van der Waals surface area contributed by atoms with Crippen molar-refractivity contribution in [1.29, 1.82) is 0 Å². The van der Waals surface area contributed by atoms with Crippen LogP contribution in [0.2, 0.25) is 0 Å². The largest absolute Gasteiger partial charge is 0.390 e. The Labute approximate surface area is 109 Å². The van der Waals surface area contributed by atoms with Gasteiger partial charge in [-0.25, -0.2) is 0 Å². The maximum Gasteiger partial charge on any atom is 0.0704 e. The summed E-state index contributed by atoms with van der Waals surface area (Å²) in [7, 11) is 0. The van der Waals surface area contributed by atoms with Gasteiger partial charge >= 0.3 is 0 Å². The quantitative estimate of drug-likeness (QED) is 0.868. The third kappa shape index (κ3) is 2.70. The van der Waals surface area contributed by atoms with Gasteiger partial charge in [0.1, 0.15) is 0 Å². The van der Waals surface area contributed by atoms with E-state index in [1.807, 2.05) is 30.5 Å². The van der Waals surface area contributed by atoms with E-state index in [0.29, 0.717) is 6.42 Å². The second-order valence-corrected chi connectivity index (χ2v) is 4.99. The summed E-state index contributed by atoms with van der Waals surface area (Å²) < 4.78 is 0. The van der Waals surface area contributed by atoms with Crippen LogP contribution in [0.3, 0.4) is 0 Å². The summed E-state index contributed by atoms with van der Waals surface area (Å²) in [6, 6.07) is 10.2. The Bertz CT molecular complexity index is 518. The monoisotopic (exact) mass is 243 g/mol. The number of rotatable bonds is 5. The maximum atomic E-state index is 10.6. The van der Waals surface area contributed by atoms with Gasteiger partial charge in [-0.1, -0.05) is 38.5 Å². The molecule has 1 N–H and O–H groups in total. The van der Waals surface area contributed by atoms with Gasteiger partial charge in [0.25, 0.3) is 0 Å². The highest BCUT2D eigenvalue weighted by Gasteiger charge is 2.24. The molecule has 0 spiro atoms. The summed E-state index contributed by atoms with van der Waals surface area (Å²) in [5, 5.41) is 11.8. The molecule has 1 heterocycles. The highest BCUT2D eigenvalue weighted by molar-refractivity contribution is 5.81. The molecule has 0 aliphatic rings. The zero-order chi connectivity index (χ0) is 13.0. The number of hydrogen-bond donors (Lipinski definition) is 1. The Morgan fingerprint density at radius 3 is 2.67 bits per heavy atom. The fourth-order valence-electron chi connectivity index (χ4n) is 2.52. The Hall–Kier alpha value is -1.41. The molecule has 18 heavy (non-hydrogen) atoms. The number of hydrogen-bond acceptors (Lipinski definition) is 2. The van der Waals surface area contributed by atoms with Gasteiger partial charge in [-0.15, -0.1) is 0 Å². The van der Waals surface area contributed by atoms with Crippen LogP contribution in [-0.4, -0.2) is 15.7 Å². The van der Waals surface area contributed by atoms with Gasteiger partial charge in [0.15, 0.2) is 0 Å². The fraction of sp³-hybridized carbons (Fsp3) is 0.438. The number of benzene rings is 1. The van der Waals surface area contributed by atoms with Gasteiger partial charge in [-0.2, -0.15) is 0 Å². The highest BCUT2D eigenvalue weighted by Crippen LogP contribution is 2.26. The Balaban J connectivity index is 2.36. The van der Waals surface area contributed by atoms with E-state index in [1.54, 1.807) is 0 Å². The van der Waals surface area contributed by atoms with E-state index < -0.39 is 5.60 Å². The first kappa shape index (κ1) is 13.0. The molecule has 0 fully saturated rings. The minimum absolute atomic E-state index is 0.584. The summed E-state index contributed by atoms with van der Waals surface area (Å²) in [6.45, 7) is 4.17. The summed E-state index contributed by atoms with van der Waals surface area (Å²) in [6.07, 6.45) is 5.19. The molecule has 0 amide bonds. The summed E-state index contributed by atoms with van der Waals surface area (Å²) in [5.74, 6) is 0. The van der Waals surface area contributed by atoms with Gasteiger partial charge < -0.3 is 5.11 Å². The van der Waals surface area contributed by atoms with Gasteiger partial charge in [0.05, 0.1) is 11.1 Å². The molecule has 0 radical (unpaired) electrons. The molecule has 2 heteroatoms. The van der Waals surface area contributed by atoms with Crippen molar-refractivity contribution in [2.24, 2.45) is 0 Å². The number of para-hydroxylation sites is 1. The van der Waals surface area contributed by atoms with Crippen LogP contribution >= 0.6 is 0 Å². The lowest BCUT2D eigenvalue weighted by Gasteiger charge is -2.27. The molecule has 0 bridgehead atoms. The molecular weight excluding hydrogens is 222 g/mol. The molecular formula is C16H21NO. The van der Waals surface area contributed by atoms with Gasteiger partial charge in [-0.05, 0) is 30.5 Å². The van der Waals surface area contributed by atoms with Crippen LogP contribution in [0.15, 0.2) is 36.5 Å². The van der Waals surface area contributed by atoms with Crippen molar-refractivity contribution >= 4 is 10.9 Å². The van der Waals surface area contributed by atoms with E-state index in [2.05, 4.69) is 24.9 Å². The lowest BCUT2D eigenvalue weighted by atomic mass is 9.87. The Kier molecular flexibility index (Phi) is 3.97. The smallest absolute Gasteiger partial charge is 0.0704 e. The van der Waals surface area contributed by atoms with Crippen molar-refractivity contribution in [2.75, 3.05) is 0 Å². The second kappa shape index (κ2) is 5.49. The Morgan fingerprint density at radius 2 is 1.94 bits per heavy atom. The molecule has 0 aliphatic heterocycles. The fourth-order valence-corrected chi connectivity index (χ4v) is 2.52. The topological polar surface area (TPSA) is 33.1 Å². The Morgan fingerprint density at radius 1 is 1.17 bits per heavy atom. The van der Waals surface area contributed by atoms with Gasteiger partial charge in [-0.3, -0.25) is 4.98 Å². The zero-order valence-electron chi connectivity index (χ0n) is 11.2. The second-order valence-electron chi connectivity index (χ2n) is 4.99. The maximum absolute atomic E-state index is 10.6. The normalized spacial score (nSPS) is 14.6. The molecule has 1 aromatic carbocycles. The van der Waals surface area contributed by atoms with E-state index >= 15 is 0 Å². The van der Waals surface area contributed by atoms with Crippen molar-refractivity contribution in [3.05, 3.63) is 42.1 Å². The zero-order valence-corrected chi connectivity index (χ0v) is 11.2.